The number of hydrogen-bond donors (Lipinski definition) is 0. The Hall–Kier alpha value is -4.97. The predicted octanol–water partition coefficient (Wildman–Crippen LogP) is 7.65. The Morgan fingerprint density at radius 1 is 0.675 bits per heavy atom. The molecular formula is C34H24F2N2O2. The number of aromatic nitrogens is 2. The van der Waals surface area contributed by atoms with Gasteiger partial charge in [-0.25, -0.2) is 13.6 Å². The molecule has 0 amide bonds. The molecular weight excluding hydrogens is 506 g/mol. The Morgan fingerprint density at radius 3 is 1.85 bits per heavy atom. The van der Waals surface area contributed by atoms with Crippen LogP contribution in [0.25, 0.3) is 27.4 Å². The first kappa shape index (κ1) is 24.1. The topological polar surface area (TPSA) is 36.2 Å². The van der Waals surface area contributed by atoms with Crippen molar-refractivity contribution >= 4 is 33.3 Å². The van der Waals surface area contributed by atoms with Crippen LogP contribution >= 0.6 is 0 Å². The monoisotopic (exact) mass is 530 g/mol. The van der Waals surface area contributed by atoms with Crippen molar-refractivity contribution in [2.24, 2.45) is 0 Å². The first-order valence-electron chi connectivity index (χ1n) is 13.1. The van der Waals surface area contributed by atoms with Gasteiger partial charge in [-0.05, 0) is 53.6 Å². The minimum atomic E-state index is -0.638. The van der Waals surface area contributed by atoms with E-state index in [4.69, 9.17) is 4.74 Å². The summed E-state index contributed by atoms with van der Waals surface area (Å²) in [6.45, 7) is 1.08. The van der Waals surface area contributed by atoms with Crippen molar-refractivity contribution in [3.05, 3.63) is 149 Å². The Kier molecular flexibility index (Phi) is 5.81. The maximum atomic E-state index is 14.3. The Labute approximate surface area is 229 Å². The second-order valence-electron chi connectivity index (χ2n) is 10.1. The van der Waals surface area contributed by atoms with Gasteiger partial charge in [-0.2, -0.15) is 0 Å². The van der Waals surface area contributed by atoms with Crippen molar-refractivity contribution in [1.82, 2.24) is 9.13 Å². The molecule has 0 N–H and O–H groups in total. The second-order valence-corrected chi connectivity index (χ2v) is 10.1. The van der Waals surface area contributed by atoms with Crippen LogP contribution < -0.4 is 0 Å². The number of rotatable bonds is 6. The van der Waals surface area contributed by atoms with E-state index >= 15 is 0 Å². The summed E-state index contributed by atoms with van der Waals surface area (Å²) in [7, 11) is 0. The Morgan fingerprint density at radius 2 is 1.23 bits per heavy atom. The van der Waals surface area contributed by atoms with Gasteiger partial charge in [0.05, 0.1) is 16.6 Å². The summed E-state index contributed by atoms with van der Waals surface area (Å²) in [4.78, 5) is 13.3. The SMILES string of the molecule is O=C1OC(c2cn(Cc3ccccc3)c3cc(F)ccc23)C=C1c1cn(Cc2ccccc2)c2cc(F)ccc12. The molecule has 6 heteroatoms. The molecule has 1 unspecified atom stereocenters. The number of carbonyl (C=O) groups excluding carboxylic acids is 1. The minimum Gasteiger partial charge on any atom is -0.449 e. The van der Waals surface area contributed by atoms with Crippen LogP contribution in [0.2, 0.25) is 0 Å². The number of halogens is 2. The number of ether oxygens (including phenoxy) is 1. The Balaban J connectivity index is 1.31. The number of carbonyl (C=O) groups is 1. The van der Waals surface area contributed by atoms with Gasteiger partial charge in [0.15, 0.2) is 0 Å². The lowest BCUT2D eigenvalue weighted by Crippen LogP contribution is -2.02. The summed E-state index contributed by atoms with van der Waals surface area (Å²) in [5.74, 6) is -1.12. The molecule has 0 saturated heterocycles. The van der Waals surface area contributed by atoms with Gasteiger partial charge in [0.2, 0.25) is 0 Å². The molecule has 6 aromatic rings. The zero-order chi connectivity index (χ0) is 27.2. The number of esters is 1. The van der Waals surface area contributed by atoms with Crippen LogP contribution in [0.5, 0.6) is 0 Å². The lowest BCUT2D eigenvalue weighted by molar-refractivity contribution is -0.137. The third kappa shape index (κ3) is 4.28. The number of hydrogen-bond acceptors (Lipinski definition) is 2. The van der Waals surface area contributed by atoms with Crippen molar-refractivity contribution in [3.8, 4) is 0 Å². The van der Waals surface area contributed by atoms with E-state index in [2.05, 4.69) is 0 Å². The van der Waals surface area contributed by atoms with Gasteiger partial charge < -0.3 is 13.9 Å². The first-order valence-corrected chi connectivity index (χ1v) is 13.1. The highest BCUT2D eigenvalue weighted by molar-refractivity contribution is 6.22. The van der Waals surface area contributed by atoms with E-state index in [1.54, 1.807) is 12.1 Å². The molecule has 7 rings (SSSR count). The fourth-order valence-electron chi connectivity index (χ4n) is 5.61. The number of nitrogens with zero attached hydrogens (tertiary/aromatic N) is 2. The van der Waals surface area contributed by atoms with Gasteiger partial charge in [-0.15, -0.1) is 0 Å². The predicted molar refractivity (Wildman–Crippen MR) is 152 cm³/mol. The molecule has 0 radical (unpaired) electrons. The summed E-state index contributed by atoms with van der Waals surface area (Å²) >= 11 is 0. The second kappa shape index (κ2) is 9.65. The van der Waals surface area contributed by atoms with Crippen molar-refractivity contribution in [2.45, 2.75) is 19.2 Å². The molecule has 1 atom stereocenters. The Bertz CT molecular complexity index is 1920. The number of cyclic esters (lactones) is 1. The largest absolute Gasteiger partial charge is 0.449 e. The van der Waals surface area contributed by atoms with E-state index in [0.717, 1.165) is 33.0 Å². The van der Waals surface area contributed by atoms with Gasteiger partial charge in [-0.3, -0.25) is 0 Å². The van der Waals surface area contributed by atoms with Crippen molar-refractivity contribution < 1.29 is 18.3 Å². The fraction of sp³-hybridized carbons (Fsp3) is 0.0882. The van der Waals surface area contributed by atoms with Gasteiger partial charge in [-0.1, -0.05) is 60.7 Å². The molecule has 2 aromatic heterocycles. The minimum absolute atomic E-state index is 0.329. The van der Waals surface area contributed by atoms with Crippen LogP contribution in [0.15, 0.2) is 116 Å². The van der Waals surface area contributed by atoms with Crippen molar-refractivity contribution in [3.63, 3.8) is 0 Å². The van der Waals surface area contributed by atoms with Crippen LogP contribution in [-0.2, 0) is 22.6 Å². The molecule has 40 heavy (non-hydrogen) atoms. The quantitative estimate of drug-likeness (QED) is 0.207. The summed E-state index contributed by atoms with van der Waals surface area (Å²) in [6, 6.07) is 29.1. The lowest BCUT2D eigenvalue weighted by atomic mass is 10.0. The third-order valence-electron chi connectivity index (χ3n) is 7.48. The summed E-state index contributed by atoms with van der Waals surface area (Å²) in [6.07, 6.45) is 5.00. The highest BCUT2D eigenvalue weighted by Crippen LogP contribution is 2.40. The van der Waals surface area contributed by atoms with E-state index in [9.17, 15) is 13.6 Å². The average molecular weight is 531 g/mol. The van der Waals surface area contributed by atoms with Crippen molar-refractivity contribution in [1.29, 1.82) is 0 Å². The maximum absolute atomic E-state index is 14.3. The standard InChI is InChI=1S/C34H24F2N2O2/c35-24-11-13-26-29(20-37(31(26)15-24)18-22-7-3-1-4-8-22)28-17-33(40-34(28)39)30-21-38(19-23-9-5-2-6-10-23)32-16-25(36)12-14-27(30)32/h1-17,20-21,33H,18-19H2. The third-order valence-corrected chi connectivity index (χ3v) is 7.48. The molecule has 196 valence electrons. The van der Waals surface area contributed by atoms with Crippen LogP contribution in [0.1, 0.15) is 28.4 Å². The highest BCUT2D eigenvalue weighted by atomic mass is 19.1. The molecule has 4 aromatic carbocycles. The van der Waals surface area contributed by atoms with Crippen LogP contribution in [0.4, 0.5) is 8.78 Å². The fourth-order valence-corrected chi connectivity index (χ4v) is 5.61. The van der Waals surface area contributed by atoms with E-state index in [1.807, 2.05) is 88.3 Å². The van der Waals surface area contributed by atoms with E-state index in [1.165, 1.54) is 24.3 Å². The molecule has 1 aliphatic heterocycles. The first-order chi connectivity index (χ1) is 19.5. The van der Waals surface area contributed by atoms with E-state index in [0.29, 0.717) is 29.7 Å². The van der Waals surface area contributed by atoms with E-state index in [-0.39, 0.29) is 11.6 Å². The molecule has 4 nitrogen and oxygen atoms in total. The van der Waals surface area contributed by atoms with Gasteiger partial charge >= 0.3 is 5.97 Å². The van der Waals surface area contributed by atoms with Crippen LogP contribution in [0, 0.1) is 11.6 Å². The molecule has 0 fully saturated rings. The highest BCUT2D eigenvalue weighted by Gasteiger charge is 2.32. The van der Waals surface area contributed by atoms with Gasteiger partial charge in [0.25, 0.3) is 0 Å². The molecule has 3 heterocycles. The molecule has 1 aliphatic rings. The molecule has 0 aliphatic carbocycles. The normalized spacial score (nSPS) is 15.1. The molecule has 0 bridgehead atoms. The number of benzene rings is 4. The molecule has 0 spiro atoms. The van der Waals surface area contributed by atoms with Crippen molar-refractivity contribution in [2.75, 3.05) is 0 Å². The van der Waals surface area contributed by atoms with E-state index < -0.39 is 12.1 Å². The molecule has 0 saturated carbocycles. The smallest absolute Gasteiger partial charge is 0.339 e. The van der Waals surface area contributed by atoms with Crippen LogP contribution in [0.3, 0.4) is 0 Å². The summed E-state index contributed by atoms with van der Waals surface area (Å²) < 4.78 is 38.4. The van der Waals surface area contributed by atoms with Gasteiger partial charge in [0.1, 0.15) is 17.7 Å². The van der Waals surface area contributed by atoms with Gasteiger partial charge in [0, 0.05) is 47.4 Å². The lowest BCUT2D eigenvalue weighted by Gasteiger charge is -2.06. The summed E-state index contributed by atoms with van der Waals surface area (Å²) in [5, 5.41) is 1.59. The maximum Gasteiger partial charge on any atom is 0.339 e. The number of fused-ring (bicyclic) bond motifs is 2. The zero-order valence-electron chi connectivity index (χ0n) is 21.4. The zero-order valence-corrected chi connectivity index (χ0v) is 21.4. The average Bonchev–Trinajstić information content (AvgIpc) is 3.63. The van der Waals surface area contributed by atoms with Crippen LogP contribution in [-0.4, -0.2) is 15.1 Å². The summed E-state index contributed by atoms with van der Waals surface area (Å²) in [5.41, 5.74) is 5.48.